The van der Waals surface area contributed by atoms with Gasteiger partial charge in [-0.25, -0.2) is 4.57 Å². The van der Waals surface area contributed by atoms with Crippen molar-refractivity contribution >= 4 is 19.8 Å². The Morgan fingerprint density at radius 2 is 0.934 bits per heavy atom. The Bertz CT molecular complexity index is 1250. The van der Waals surface area contributed by atoms with E-state index >= 15 is 0 Å². The monoisotopic (exact) mass is 887 g/mol. The van der Waals surface area contributed by atoms with Gasteiger partial charge in [-0.05, 0) is 51.4 Å². The molecule has 8 atom stereocenters. The molecule has 0 heterocycles. The maximum Gasteiger partial charge on any atom is 0.472 e. The van der Waals surface area contributed by atoms with Gasteiger partial charge in [0.25, 0.3) is 0 Å². The quantitative estimate of drug-likeness (QED) is 0.0148. The third-order valence-electron chi connectivity index (χ3n) is 10.7. The fourth-order valence-electron chi connectivity index (χ4n) is 6.93. The van der Waals surface area contributed by atoms with Crippen LogP contribution in [-0.2, 0) is 32.7 Å². The molecule has 0 aromatic carbocycles. The number of hydrogen-bond donors (Lipinski definition) is 6. The normalized spacial score (nSPS) is 22.4. The molecule has 13 nitrogen and oxygen atoms in total. The van der Waals surface area contributed by atoms with Crippen LogP contribution in [0.5, 0.6) is 0 Å². The molecule has 0 aromatic heterocycles. The molecule has 1 rings (SSSR count). The number of ether oxygens (including phenoxy) is 2. The van der Waals surface area contributed by atoms with Crippen LogP contribution in [0.15, 0.2) is 48.6 Å². The van der Waals surface area contributed by atoms with Crippen molar-refractivity contribution in [3.05, 3.63) is 48.6 Å². The van der Waals surface area contributed by atoms with E-state index in [2.05, 4.69) is 62.5 Å². The summed E-state index contributed by atoms with van der Waals surface area (Å²) >= 11 is 0. The molecule has 6 unspecified atom stereocenters. The highest BCUT2D eigenvalue weighted by atomic mass is 31.2. The molecule has 1 aliphatic carbocycles. The average molecular weight is 887 g/mol. The Hall–Kier alpha value is -2.19. The van der Waals surface area contributed by atoms with Gasteiger partial charge >= 0.3 is 19.8 Å². The van der Waals surface area contributed by atoms with Crippen LogP contribution in [0, 0.1) is 0 Å². The number of phosphoric acid groups is 1. The number of carbonyl (C=O) groups excluding carboxylic acids is 2. The van der Waals surface area contributed by atoms with Crippen LogP contribution in [0.4, 0.5) is 0 Å². The molecular weight excluding hydrogens is 803 g/mol. The molecule has 0 saturated heterocycles. The Labute approximate surface area is 367 Å². The second-order valence-corrected chi connectivity index (χ2v) is 17.6. The van der Waals surface area contributed by atoms with Crippen molar-refractivity contribution in [2.75, 3.05) is 13.2 Å². The molecule has 61 heavy (non-hydrogen) atoms. The second-order valence-electron chi connectivity index (χ2n) is 16.2. The van der Waals surface area contributed by atoms with E-state index in [4.69, 9.17) is 18.5 Å². The van der Waals surface area contributed by atoms with Crippen molar-refractivity contribution in [1.29, 1.82) is 0 Å². The first-order valence-electron chi connectivity index (χ1n) is 23.4. The van der Waals surface area contributed by atoms with Crippen LogP contribution < -0.4 is 0 Å². The first-order valence-corrected chi connectivity index (χ1v) is 24.9. The zero-order valence-electron chi connectivity index (χ0n) is 37.4. The first-order chi connectivity index (χ1) is 29.4. The highest BCUT2D eigenvalue weighted by Gasteiger charge is 2.51. The van der Waals surface area contributed by atoms with Crippen LogP contribution >= 0.6 is 7.82 Å². The van der Waals surface area contributed by atoms with Crippen molar-refractivity contribution in [2.24, 2.45) is 0 Å². The lowest BCUT2D eigenvalue weighted by Crippen LogP contribution is -2.64. The smallest absolute Gasteiger partial charge is 0.462 e. The Morgan fingerprint density at radius 1 is 0.525 bits per heavy atom. The number of rotatable bonds is 38. The molecule has 1 aliphatic rings. The number of allylic oxidation sites excluding steroid dienone is 8. The van der Waals surface area contributed by atoms with Gasteiger partial charge in [-0.3, -0.25) is 18.6 Å². The van der Waals surface area contributed by atoms with E-state index < -0.39 is 75.7 Å². The molecule has 0 bridgehead atoms. The van der Waals surface area contributed by atoms with Crippen LogP contribution in [0.2, 0.25) is 0 Å². The number of esters is 2. The van der Waals surface area contributed by atoms with Gasteiger partial charge in [0.05, 0.1) is 6.61 Å². The van der Waals surface area contributed by atoms with E-state index in [1.54, 1.807) is 0 Å². The SMILES string of the molecule is CC/C=C\C/C=C\C/C=C\C/C=C\CCCCCCC(=O)O[C@H](COC(=O)CCCCCCCCCCCCCCCCC)COP(=O)(O)OC1C(O)C(O)C(O)[C@@H](O)C1O. The Balaban J connectivity index is 2.47. The minimum Gasteiger partial charge on any atom is -0.462 e. The Kier molecular flexibility index (Phi) is 34.7. The van der Waals surface area contributed by atoms with Crippen LogP contribution in [-0.4, -0.2) is 98.3 Å². The molecule has 6 N–H and O–H groups in total. The topological polar surface area (TPSA) is 210 Å². The zero-order valence-corrected chi connectivity index (χ0v) is 38.3. The first kappa shape index (κ1) is 56.8. The summed E-state index contributed by atoms with van der Waals surface area (Å²) in [6.07, 6.45) is 30.2. The summed E-state index contributed by atoms with van der Waals surface area (Å²) in [5, 5.41) is 50.1. The lowest BCUT2D eigenvalue weighted by Gasteiger charge is -2.41. The summed E-state index contributed by atoms with van der Waals surface area (Å²) in [7, 11) is -5.12. The molecule has 1 saturated carbocycles. The molecule has 0 spiro atoms. The summed E-state index contributed by atoms with van der Waals surface area (Å²) in [5.41, 5.74) is 0. The third-order valence-corrected chi connectivity index (χ3v) is 11.7. The third kappa shape index (κ3) is 29.7. The summed E-state index contributed by atoms with van der Waals surface area (Å²) in [6.45, 7) is 3.17. The molecule has 0 amide bonds. The van der Waals surface area contributed by atoms with Crippen LogP contribution in [0.1, 0.15) is 181 Å². The minimum atomic E-state index is -5.12. The van der Waals surface area contributed by atoms with E-state index in [1.807, 2.05) is 0 Å². The number of aliphatic hydroxyl groups excluding tert-OH is 5. The largest absolute Gasteiger partial charge is 0.472 e. The fourth-order valence-corrected chi connectivity index (χ4v) is 7.90. The predicted octanol–water partition coefficient (Wildman–Crippen LogP) is 9.17. The van der Waals surface area contributed by atoms with Crippen molar-refractivity contribution < 1.29 is 63.1 Å². The number of carbonyl (C=O) groups is 2. The molecule has 354 valence electrons. The van der Waals surface area contributed by atoms with E-state index in [0.29, 0.717) is 12.8 Å². The van der Waals surface area contributed by atoms with E-state index in [1.165, 1.54) is 70.6 Å². The van der Waals surface area contributed by atoms with E-state index in [9.17, 15) is 44.6 Å². The average Bonchev–Trinajstić information content (AvgIpc) is 3.24. The van der Waals surface area contributed by atoms with Gasteiger partial charge in [0, 0.05) is 12.8 Å². The van der Waals surface area contributed by atoms with Gasteiger partial charge in [-0.15, -0.1) is 0 Å². The summed E-state index contributed by atoms with van der Waals surface area (Å²) in [4.78, 5) is 35.7. The predicted molar refractivity (Wildman–Crippen MR) is 239 cm³/mol. The van der Waals surface area contributed by atoms with Gasteiger partial charge in [-0.1, -0.05) is 165 Å². The van der Waals surface area contributed by atoms with Crippen molar-refractivity contribution in [2.45, 2.75) is 224 Å². The lowest BCUT2D eigenvalue weighted by molar-refractivity contribution is -0.220. The molecule has 1 fully saturated rings. The van der Waals surface area contributed by atoms with Gasteiger partial charge in [-0.2, -0.15) is 0 Å². The zero-order chi connectivity index (χ0) is 45.0. The fraction of sp³-hybridized carbons (Fsp3) is 0.787. The van der Waals surface area contributed by atoms with Gasteiger partial charge in [0.1, 0.15) is 43.2 Å². The molecule has 14 heteroatoms. The van der Waals surface area contributed by atoms with Gasteiger partial charge in [0.15, 0.2) is 6.10 Å². The number of aliphatic hydroxyl groups is 5. The minimum absolute atomic E-state index is 0.0688. The summed E-state index contributed by atoms with van der Waals surface area (Å²) < 4.78 is 33.5. The standard InChI is InChI=1S/C47H83O13P/c1-3-5-7-9-11-13-15-17-19-20-22-24-26-28-30-32-34-36-41(49)59-39(38-58-61(55,56)60-47-45(53)43(51)42(50)44(52)46(47)54)37-57-40(48)35-33-31-29-27-25-23-21-18-16-14-12-10-8-6-4-2/h5,7,11,13,17,19,22,24,39,42-47,50-54H,3-4,6,8-10,12,14-16,18,20-21,23,25-38H2,1-2H3,(H,55,56)/b7-5-,13-11-,19-17-,24-22-/t39-,42?,43-,44?,45?,46?,47?/m1/s1. The highest BCUT2D eigenvalue weighted by molar-refractivity contribution is 7.47. The van der Waals surface area contributed by atoms with Gasteiger partial charge in [0.2, 0.25) is 0 Å². The molecular formula is C47H83O13P. The lowest BCUT2D eigenvalue weighted by atomic mass is 9.85. The van der Waals surface area contributed by atoms with Crippen LogP contribution in [0.25, 0.3) is 0 Å². The molecule has 0 radical (unpaired) electrons. The highest BCUT2D eigenvalue weighted by Crippen LogP contribution is 2.47. The van der Waals surface area contributed by atoms with E-state index in [0.717, 1.165) is 70.6 Å². The summed E-state index contributed by atoms with van der Waals surface area (Å²) in [5.74, 6) is -1.12. The number of hydrogen-bond acceptors (Lipinski definition) is 12. The van der Waals surface area contributed by atoms with Crippen molar-refractivity contribution in [3.8, 4) is 0 Å². The second kappa shape index (κ2) is 37.2. The van der Waals surface area contributed by atoms with Gasteiger partial charge < -0.3 is 39.9 Å². The maximum atomic E-state index is 12.8. The number of unbranched alkanes of at least 4 members (excludes halogenated alkanes) is 18. The van der Waals surface area contributed by atoms with Crippen molar-refractivity contribution in [3.63, 3.8) is 0 Å². The molecule has 0 aromatic rings. The van der Waals surface area contributed by atoms with E-state index in [-0.39, 0.29) is 12.8 Å². The Morgan fingerprint density at radius 3 is 1.43 bits per heavy atom. The summed E-state index contributed by atoms with van der Waals surface area (Å²) in [6, 6.07) is 0. The molecule has 0 aliphatic heterocycles. The van der Waals surface area contributed by atoms with Crippen LogP contribution in [0.3, 0.4) is 0 Å². The maximum absolute atomic E-state index is 12.8. The van der Waals surface area contributed by atoms with Crippen molar-refractivity contribution in [1.82, 2.24) is 0 Å². The number of phosphoric ester groups is 1.